The molecule has 0 unspecified atom stereocenters. The minimum absolute atomic E-state index is 0.0651. The topological polar surface area (TPSA) is 156 Å². The first kappa shape index (κ1) is 29.6. The van der Waals surface area contributed by atoms with Crippen molar-refractivity contribution in [2.24, 2.45) is 0 Å². The summed E-state index contributed by atoms with van der Waals surface area (Å²) < 4.78 is 34.7. The number of benzene rings is 1. The number of rotatable bonds is 7. The van der Waals surface area contributed by atoms with E-state index in [0.29, 0.717) is 34.8 Å². The Morgan fingerprint density at radius 3 is 2.48 bits per heavy atom. The van der Waals surface area contributed by atoms with Gasteiger partial charge in [0.25, 0.3) is 5.56 Å². The van der Waals surface area contributed by atoms with Crippen molar-refractivity contribution in [2.75, 3.05) is 13.1 Å². The smallest absolute Gasteiger partial charge is 0.410 e. The molecule has 0 bridgehead atoms. The molecule has 2 N–H and O–H groups in total. The van der Waals surface area contributed by atoms with Gasteiger partial charge in [0, 0.05) is 53.6 Å². The highest BCUT2D eigenvalue weighted by Gasteiger charge is 2.42. The quantitative estimate of drug-likeness (QED) is 0.440. The van der Waals surface area contributed by atoms with Gasteiger partial charge in [0.2, 0.25) is 10.0 Å². The Labute approximate surface area is 233 Å². The zero-order chi connectivity index (χ0) is 29.2. The summed E-state index contributed by atoms with van der Waals surface area (Å²) in [5, 5.41) is 10.8. The van der Waals surface area contributed by atoms with E-state index in [1.54, 1.807) is 46.6 Å². The number of nitrogens with zero attached hydrogens (tertiary/aromatic N) is 2. The number of aromatic nitrogens is 2. The van der Waals surface area contributed by atoms with Crippen LogP contribution < -0.4 is 10.7 Å². The molecule has 2 aliphatic rings. The highest BCUT2D eigenvalue weighted by atomic mass is 32.2. The van der Waals surface area contributed by atoms with Crippen LogP contribution in [-0.2, 0) is 19.6 Å². The number of amides is 1. The molecule has 40 heavy (non-hydrogen) atoms. The molecule has 1 amide bonds. The Morgan fingerprint density at radius 1 is 1.15 bits per heavy atom. The number of ether oxygens (including phenoxy) is 1. The highest BCUT2D eigenvalue weighted by molar-refractivity contribution is 7.89. The second-order valence-electron chi connectivity index (χ2n) is 11.3. The summed E-state index contributed by atoms with van der Waals surface area (Å²) in [5.41, 5.74) is 0.148. The van der Waals surface area contributed by atoms with Gasteiger partial charge in [0.15, 0.2) is 0 Å². The van der Waals surface area contributed by atoms with Gasteiger partial charge in [-0.2, -0.15) is 4.31 Å². The summed E-state index contributed by atoms with van der Waals surface area (Å²) in [6.07, 6.45) is 5.29. The number of H-pyrrole nitrogens is 2. The van der Waals surface area contributed by atoms with Gasteiger partial charge in [0.05, 0.1) is 4.90 Å². The number of sulfonamides is 1. The molecular weight excluding hydrogens is 536 g/mol. The third kappa shape index (κ3) is 6.67. The zero-order valence-electron chi connectivity index (χ0n) is 23.4. The standard InChI is InChI=1S/C24H30N4O5S.C4H8O2/c1-24(2,3)33-23(30)27-12-4-5-16(27)14-28(15-6-7-15)34(31,32)17-8-9-20-19(13-17)18-10-11-25-21(18)22(29)26-20;1-2-3-4(5)6/h8-11,13,15-16,25H,4-7,12,14H2,1-3H3,(H,26,29);2-3H2,1H3,(H,5,6)/p-1/t16-;/m0./s1. The zero-order valence-corrected chi connectivity index (χ0v) is 24.2. The van der Waals surface area contributed by atoms with Crippen molar-refractivity contribution in [2.45, 2.75) is 88.8 Å². The van der Waals surface area contributed by atoms with E-state index in [9.17, 15) is 27.9 Å². The predicted molar refractivity (Wildman–Crippen MR) is 149 cm³/mol. The number of fused-ring (bicyclic) bond motifs is 3. The largest absolute Gasteiger partial charge is 0.550 e. The van der Waals surface area contributed by atoms with E-state index in [0.717, 1.165) is 25.7 Å². The lowest BCUT2D eigenvalue weighted by molar-refractivity contribution is -0.305. The SMILES string of the molecule is CC(C)(C)OC(=O)N1CCC[C@H]1CN(C1CC1)S(=O)(=O)c1ccc2[nH]c(=O)c3[nH]ccc3c2c1.CCCC(=O)[O-]. The van der Waals surface area contributed by atoms with Gasteiger partial charge < -0.3 is 29.5 Å². The lowest BCUT2D eigenvalue weighted by Gasteiger charge is -2.32. The molecule has 1 saturated carbocycles. The first-order chi connectivity index (χ1) is 18.8. The summed E-state index contributed by atoms with van der Waals surface area (Å²) in [6.45, 7) is 8.08. The van der Waals surface area contributed by atoms with Crippen molar-refractivity contribution >= 4 is 43.9 Å². The van der Waals surface area contributed by atoms with Crippen molar-refractivity contribution in [1.82, 2.24) is 19.2 Å². The average molecular weight is 574 g/mol. The Morgan fingerprint density at radius 2 is 1.88 bits per heavy atom. The molecule has 1 atom stereocenters. The number of pyridine rings is 1. The van der Waals surface area contributed by atoms with Crippen LogP contribution in [-0.4, -0.2) is 70.4 Å². The molecule has 0 radical (unpaired) electrons. The monoisotopic (exact) mass is 573 g/mol. The van der Waals surface area contributed by atoms with E-state index in [4.69, 9.17) is 4.74 Å². The van der Waals surface area contributed by atoms with Gasteiger partial charge in [-0.15, -0.1) is 0 Å². The number of hydrogen-bond acceptors (Lipinski definition) is 7. The van der Waals surface area contributed by atoms with Crippen LogP contribution in [0.15, 0.2) is 40.2 Å². The minimum Gasteiger partial charge on any atom is -0.550 e. The predicted octanol–water partition coefficient (Wildman–Crippen LogP) is 3.10. The number of aliphatic carboxylic acids is 1. The molecule has 2 fully saturated rings. The number of carbonyl (C=O) groups is 2. The van der Waals surface area contributed by atoms with Crippen LogP contribution in [0.3, 0.4) is 0 Å². The number of nitrogens with one attached hydrogen (secondary N) is 2. The molecule has 1 aliphatic carbocycles. The van der Waals surface area contributed by atoms with E-state index in [1.165, 1.54) is 0 Å². The van der Waals surface area contributed by atoms with E-state index in [-0.39, 0.29) is 35.5 Å². The van der Waals surface area contributed by atoms with Gasteiger partial charge in [-0.1, -0.05) is 13.3 Å². The number of carboxylic acids is 1. The Hall–Kier alpha value is -3.38. The molecule has 0 spiro atoms. The molecule has 1 aromatic carbocycles. The number of hydrogen-bond donors (Lipinski definition) is 2. The maximum absolute atomic E-state index is 13.8. The van der Waals surface area contributed by atoms with Gasteiger partial charge >= 0.3 is 6.09 Å². The molecule has 1 saturated heterocycles. The summed E-state index contributed by atoms with van der Waals surface area (Å²) in [7, 11) is -3.81. The van der Waals surface area contributed by atoms with Gasteiger partial charge in [0.1, 0.15) is 11.1 Å². The van der Waals surface area contributed by atoms with Crippen LogP contribution in [0.2, 0.25) is 0 Å². The fourth-order valence-corrected chi connectivity index (χ4v) is 6.67. The lowest BCUT2D eigenvalue weighted by Crippen LogP contribution is -2.47. The van der Waals surface area contributed by atoms with Crippen molar-refractivity contribution in [1.29, 1.82) is 0 Å². The molecular formula is C28H37N4O7S-. The highest BCUT2D eigenvalue weighted by Crippen LogP contribution is 2.35. The number of aromatic amines is 2. The summed E-state index contributed by atoms with van der Waals surface area (Å²) in [4.78, 5) is 42.0. The first-order valence-electron chi connectivity index (χ1n) is 13.7. The average Bonchev–Trinajstić information content (AvgIpc) is 3.36. The second kappa shape index (κ2) is 11.6. The van der Waals surface area contributed by atoms with E-state index in [1.807, 2.05) is 20.8 Å². The van der Waals surface area contributed by atoms with Crippen LogP contribution in [0.1, 0.15) is 66.2 Å². The normalized spacial score (nSPS) is 17.7. The molecule has 1 aliphatic heterocycles. The maximum atomic E-state index is 13.8. The minimum atomic E-state index is -3.81. The van der Waals surface area contributed by atoms with E-state index >= 15 is 0 Å². The third-order valence-corrected chi connectivity index (χ3v) is 8.83. The number of carboxylic acid groups (broad SMARTS) is 1. The van der Waals surface area contributed by atoms with Crippen molar-refractivity contribution < 1.29 is 27.9 Å². The fraction of sp³-hybridized carbons (Fsp3) is 0.536. The van der Waals surface area contributed by atoms with Gasteiger partial charge in [-0.3, -0.25) is 4.79 Å². The lowest BCUT2D eigenvalue weighted by atomic mass is 10.1. The molecule has 11 nitrogen and oxygen atoms in total. The molecule has 3 heterocycles. The van der Waals surface area contributed by atoms with Crippen LogP contribution in [0.25, 0.3) is 21.8 Å². The maximum Gasteiger partial charge on any atom is 0.410 e. The summed E-state index contributed by atoms with van der Waals surface area (Å²) >= 11 is 0. The Bertz CT molecular complexity index is 1550. The van der Waals surface area contributed by atoms with Gasteiger partial charge in [-0.25, -0.2) is 13.2 Å². The molecule has 5 rings (SSSR count). The van der Waals surface area contributed by atoms with Crippen molar-refractivity contribution in [3.63, 3.8) is 0 Å². The summed E-state index contributed by atoms with van der Waals surface area (Å²) in [5.74, 6) is -0.961. The van der Waals surface area contributed by atoms with Gasteiger partial charge in [-0.05, 0) is 77.1 Å². The number of likely N-dealkylation sites (tertiary alicyclic amines) is 1. The van der Waals surface area contributed by atoms with Crippen molar-refractivity contribution in [3.8, 4) is 0 Å². The second-order valence-corrected chi connectivity index (χ2v) is 13.2. The van der Waals surface area contributed by atoms with Crippen LogP contribution in [0.4, 0.5) is 4.79 Å². The number of carbonyl (C=O) groups excluding carboxylic acids is 2. The molecule has 2 aromatic heterocycles. The van der Waals surface area contributed by atoms with E-state index in [2.05, 4.69) is 9.97 Å². The Balaban J connectivity index is 0.000000557. The fourth-order valence-electron chi connectivity index (χ4n) is 4.92. The molecule has 218 valence electrons. The first-order valence-corrected chi connectivity index (χ1v) is 15.1. The third-order valence-electron chi connectivity index (χ3n) is 6.91. The van der Waals surface area contributed by atoms with Crippen molar-refractivity contribution in [3.05, 3.63) is 40.8 Å². The Kier molecular flexibility index (Phi) is 8.60. The van der Waals surface area contributed by atoms with Crippen LogP contribution in [0, 0.1) is 0 Å². The summed E-state index contributed by atoms with van der Waals surface area (Å²) in [6, 6.07) is 6.31. The molecule has 3 aromatic rings. The van der Waals surface area contributed by atoms with E-state index < -0.39 is 27.7 Å². The van der Waals surface area contributed by atoms with Crippen LogP contribution in [0.5, 0.6) is 0 Å². The van der Waals surface area contributed by atoms with Crippen LogP contribution >= 0.6 is 0 Å². The molecule has 12 heteroatoms.